The molecule has 0 amide bonds. The van der Waals surface area contributed by atoms with Crippen LogP contribution in [-0.4, -0.2) is 68.0 Å². The minimum atomic E-state index is -3.15. The van der Waals surface area contributed by atoms with Gasteiger partial charge in [-0.25, -0.2) is 4.78 Å². The molecule has 5 atom stereocenters. The Balaban J connectivity index is 1.56. The van der Waals surface area contributed by atoms with Crippen LogP contribution in [0.5, 0.6) is 17.2 Å². The Hall–Kier alpha value is -1.94. The molecule has 0 radical (unpaired) electrons. The average Bonchev–Trinajstić information content (AvgIpc) is 3.16. The predicted molar refractivity (Wildman–Crippen MR) is 231 cm³/mol. The fourth-order valence-corrected chi connectivity index (χ4v) is 10.4. The first-order valence-corrected chi connectivity index (χ1v) is 26.0. The van der Waals surface area contributed by atoms with Crippen LogP contribution in [0.4, 0.5) is 0 Å². The van der Waals surface area contributed by atoms with Crippen molar-refractivity contribution in [3.8, 4) is 17.2 Å². The van der Waals surface area contributed by atoms with Gasteiger partial charge in [-0.3, -0.25) is 14.4 Å². The Bertz CT molecular complexity index is 1780. The second-order valence-corrected chi connectivity index (χ2v) is 23.7. The van der Waals surface area contributed by atoms with E-state index in [9.17, 15) is 4.57 Å². The van der Waals surface area contributed by atoms with E-state index < -0.39 is 39.0 Å². The van der Waals surface area contributed by atoms with Gasteiger partial charge in [0.1, 0.15) is 27.9 Å². The van der Waals surface area contributed by atoms with Gasteiger partial charge in [0.2, 0.25) is 7.07 Å². The Labute approximate surface area is 326 Å². The van der Waals surface area contributed by atoms with Crippen LogP contribution in [0.2, 0.25) is 0 Å². The van der Waals surface area contributed by atoms with E-state index in [0.717, 1.165) is 28.9 Å². The molecule has 0 aliphatic carbocycles. The highest BCUT2D eigenvalue weighted by molar-refractivity contribution is 8.05. The number of nitrogens with zero attached hydrogens (tertiary/aromatic N) is 4. The zero-order valence-corrected chi connectivity index (χ0v) is 37.5. The summed E-state index contributed by atoms with van der Waals surface area (Å²) in [4.78, 5) is 0. The fraction of sp³-hybridized carbons (Fsp3) is 0.412. The van der Waals surface area contributed by atoms with Crippen LogP contribution >= 0.6 is 28.4 Å². The number of hydrogen-bond donors (Lipinski definition) is 1. The van der Waals surface area contributed by atoms with Crippen LogP contribution < -0.4 is 19.1 Å². The molecule has 1 N–H and O–H groups in total. The molecule has 0 saturated heterocycles. The maximum absolute atomic E-state index is 12.4. The van der Waals surface area contributed by atoms with Crippen molar-refractivity contribution < 1.29 is 27.6 Å². The molecule has 3 aromatic carbocycles. The normalized spacial score (nSPS) is 16.1. The maximum Gasteiger partial charge on any atom is 0.334 e. The predicted octanol–water partition coefficient (Wildman–Crippen LogP) is 8.90. The van der Waals surface area contributed by atoms with Crippen LogP contribution in [0, 0.1) is 0 Å². The first kappa shape index (κ1) is 44.5. The number of benzene rings is 3. The Morgan fingerprint density at radius 2 is 1.19 bits per heavy atom. The van der Waals surface area contributed by atoms with Crippen LogP contribution in [0.25, 0.3) is 0 Å². The summed E-state index contributed by atoms with van der Waals surface area (Å²) >= 11 is 17.3. The summed E-state index contributed by atoms with van der Waals surface area (Å²) in [6.07, 6.45) is 5.24. The monoisotopic (exact) mass is 845 g/mol. The molecule has 52 heavy (non-hydrogen) atoms. The second-order valence-electron chi connectivity index (χ2n) is 12.1. The molecular formula is C34H51N5O6P4S3. The summed E-state index contributed by atoms with van der Waals surface area (Å²) in [6.45, 7) is 5.31. The van der Waals surface area contributed by atoms with Crippen molar-refractivity contribution in [2.45, 2.75) is 57.4 Å². The molecule has 0 aliphatic heterocycles. The van der Waals surface area contributed by atoms with E-state index in [2.05, 4.69) is 36.1 Å². The zero-order valence-electron chi connectivity index (χ0n) is 31.1. The highest BCUT2D eigenvalue weighted by Gasteiger charge is 2.31. The second kappa shape index (κ2) is 20.7. The quantitative estimate of drug-likeness (QED) is 0.0629. The first-order valence-electron chi connectivity index (χ1n) is 16.5. The van der Waals surface area contributed by atoms with Gasteiger partial charge in [0.15, 0.2) is 0 Å². The molecule has 3 rings (SSSR count). The molecule has 0 spiro atoms. The third kappa shape index (κ3) is 12.8. The molecule has 286 valence electrons. The summed E-state index contributed by atoms with van der Waals surface area (Å²) < 4.78 is 44.7. The van der Waals surface area contributed by atoms with Crippen molar-refractivity contribution in [2.75, 3.05) is 35.4 Å². The third-order valence-corrected chi connectivity index (χ3v) is 20.2. The summed E-state index contributed by atoms with van der Waals surface area (Å²) in [5.74, 6) is 2.09. The lowest BCUT2D eigenvalue weighted by molar-refractivity contribution is 0.171. The Kier molecular flexibility index (Phi) is 17.7. The van der Waals surface area contributed by atoms with E-state index in [1.54, 1.807) is 36.4 Å². The molecule has 4 unspecified atom stereocenters. The summed E-state index contributed by atoms with van der Waals surface area (Å²) in [6, 6.07) is 22.7. The largest absolute Gasteiger partial charge is 0.481 e. The minimum absolute atomic E-state index is 0.166. The van der Waals surface area contributed by atoms with Gasteiger partial charge in [0.25, 0.3) is 0 Å². The highest BCUT2D eigenvalue weighted by Crippen LogP contribution is 2.50. The zero-order chi connectivity index (χ0) is 38.5. The molecule has 0 bridgehead atoms. The number of hydrogen-bond acceptors (Lipinski definition) is 11. The Morgan fingerprint density at radius 3 is 1.63 bits per heavy atom. The molecule has 0 aromatic heterocycles. The van der Waals surface area contributed by atoms with Gasteiger partial charge < -0.3 is 23.0 Å². The summed E-state index contributed by atoms with van der Waals surface area (Å²) in [7, 11) is 3.28. The van der Waals surface area contributed by atoms with Crippen LogP contribution in [-0.2, 0) is 55.2 Å². The van der Waals surface area contributed by atoms with Gasteiger partial charge in [0.05, 0.1) is 25.4 Å². The van der Waals surface area contributed by atoms with Crippen LogP contribution in [0.15, 0.2) is 83.0 Å². The lowest BCUT2D eigenvalue weighted by Crippen LogP contribution is -2.30. The Morgan fingerprint density at radius 1 is 0.750 bits per heavy atom. The maximum atomic E-state index is 12.4. The van der Waals surface area contributed by atoms with Crippen molar-refractivity contribution in [3.05, 3.63) is 89.5 Å². The van der Waals surface area contributed by atoms with Crippen molar-refractivity contribution >= 4 is 76.2 Å². The number of hydrazone groups is 2. The van der Waals surface area contributed by atoms with Gasteiger partial charge in [-0.15, -0.1) is 0 Å². The van der Waals surface area contributed by atoms with E-state index in [4.69, 9.17) is 58.5 Å². The summed E-state index contributed by atoms with van der Waals surface area (Å²) in [5, 5.41) is 11.4. The number of rotatable bonds is 21. The molecule has 18 heteroatoms. The standard InChI is InChI=1S/C34H51N5O6P4S3/c1-10-33(3,46(50)35-5)43-30-18-12-27(13-19-30)24-36-38(6)47(51)34(4,11-2)44-31-20-14-28(15-21-31)25-37-39(7)48(52)45-32-22-16-29(17-23-32)26-49(40,41-8)42-9/h12-25,46-48H,10-11,26H2,1-9H3,(H,35,50)/b36-24+,37-25+/t33?,34-/m0/s1. The van der Waals surface area contributed by atoms with Crippen molar-refractivity contribution in [1.82, 2.24) is 14.6 Å². The molecule has 0 heterocycles. The van der Waals surface area contributed by atoms with Gasteiger partial charge in [-0.1, -0.05) is 49.6 Å². The van der Waals surface area contributed by atoms with E-state index >= 15 is 0 Å². The number of nitrogens with one attached hydrogen (secondary N) is 1. The lowest BCUT2D eigenvalue weighted by Gasteiger charge is -2.34. The molecular weight excluding hydrogens is 794 g/mol. The topological polar surface area (TPSA) is 106 Å². The van der Waals surface area contributed by atoms with E-state index in [0.29, 0.717) is 17.9 Å². The van der Waals surface area contributed by atoms with Gasteiger partial charge in [-0.05, 0) is 123 Å². The molecule has 11 nitrogen and oxygen atoms in total. The van der Waals surface area contributed by atoms with Crippen molar-refractivity contribution in [2.24, 2.45) is 10.2 Å². The van der Waals surface area contributed by atoms with Gasteiger partial charge >= 0.3 is 7.60 Å². The van der Waals surface area contributed by atoms with E-state index in [1.165, 1.54) is 14.2 Å². The first-order chi connectivity index (χ1) is 24.6. The molecule has 3 aromatic rings. The lowest BCUT2D eigenvalue weighted by atomic mass is 10.2. The molecule has 0 saturated carbocycles. The number of ether oxygens (including phenoxy) is 2. The van der Waals surface area contributed by atoms with Crippen LogP contribution in [0.1, 0.15) is 57.2 Å². The SMILES string of the molecule is CCC(C)(Oc1ccc(/C=N/N(C)[PH](=S)[C@@](C)(CC)Oc2ccc(/C=N/N(C)[PH](=S)Oc3ccc(CP(=O)(OC)OC)cc3)cc2)cc1)[PH](=S)NC. The van der Waals surface area contributed by atoms with Crippen molar-refractivity contribution in [3.63, 3.8) is 0 Å². The van der Waals surface area contributed by atoms with E-state index in [-0.39, 0.29) is 6.16 Å². The highest BCUT2D eigenvalue weighted by atomic mass is 32.4. The third-order valence-electron chi connectivity index (χ3n) is 8.33. The molecule has 0 aliphatic rings. The van der Waals surface area contributed by atoms with E-state index in [1.807, 2.05) is 86.5 Å². The molecule has 0 fully saturated rings. The van der Waals surface area contributed by atoms with Gasteiger partial charge in [0, 0.05) is 35.2 Å². The van der Waals surface area contributed by atoms with Gasteiger partial charge in [-0.2, -0.15) is 10.2 Å². The minimum Gasteiger partial charge on any atom is -0.481 e. The van der Waals surface area contributed by atoms with Crippen LogP contribution in [0.3, 0.4) is 0 Å². The summed E-state index contributed by atoms with van der Waals surface area (Å²) in [5.41, 5.74) is 2.62. The average molecular weight is 846 g/mol. The smallest absolute Gasteiger partial charge is 0.334 e. The fourth-order valence-electron chi connectivity index (χ4n) is 4.58. The van der Waals surface area contributed by atoms with Crippen molar-refractivity contribution in [1.29, 1.82) is 0 Å².